The topological polar surface area (TPSA) is 21.3 Å². The van der Waals surface area contributed by atoms with E-state index in [0.29, 0.717) is 6.04 Å². The minimum atomic E-state index is 0.609. The summed E-state index contributed by atoms with van der Waals surface area (Å²) in [6, 6.07) is 6.99. The van der Waals surface area contributed by atoms with E-state index < -0.39 is 0 Å². The molecule has 1 atom stereocenters. The summed E-state index contributed by atoms with van der Waals surface area (Å²) in [6.45, 7) is 5.35. The summed E-state index contributed by atoms with van der Waals surface area (Å²) in [5.74, 6) is 1.85. The van der Waals surface area contributed by atoms with Crippen molar-refractivity contribution >= 4 is 0 Å². The van der Waals surface area contributed by atoms with Crippen molar-refractivity contribution in [2.24, 2.45) is 5.92 Å². The van der Waals surface area contributed by atoms with Gasteiger partial charge in [0.15, 0.2) is 0 Å². The molecule has 1 fully saturated rings. The van der Waals surface area contributed by atoms with Crippen molar-refractivity contribution in [3.63, 3.8) is 0 Å². The van der Waals surface area contributed by atoms with Gasteiger partial charge in [0.05, 0.1) is 7.11 Å². The fourth-order valence-corrected chi connectivity index (χ4v) is 2.94. The second-order valence-corrected chi connectivity index (χ2v) is 5.53. The number of rotatable bonds is 5. The van der Waals surface area contributed by atoms with Gasteiger partial charge in [-0.2, -0.15) is 0 Å². The van der Waals surface area contributed by atoms with E-state index in [0.717, 1.165) is 18.2 Å². The van der Waals surface area contributed by atoms with Crippen LogP contribution in [-0.2, 0) is 6.54 Å². The van der Waals surface area contributed by atoms with Crippen molar-refractivity contribution in [3.05, 3.63) is 29.3 Å². The first-order chi connectivity index (χ1) is 8.70. The zero-order valence-electron chi connectivity index (χ0n) is 11.8. The van der Waals surface area contributed by atoms with Gasteiger partial charge in [-0.15, -0.1) is 0 Å². The first-order valence-electron chi connectivity index (χ1n) is 7.07. The number of nitrogens with one attached hydrogen (secondary N) is 1. The molecule has 0 spiro atoms. The Bertz CT molecular complexity index is 383. The third-order valence-corrected chi connectivity index (χ3v) is 4.16. The lowest BCUT2D eigenvalue weighted by molar-refractivity contribution is 0.371. The number of methoxy groups -OCH3 is 1. The molecule has 0 radical (unpaired) electrons. The van der Waals surface area contributed by atoms with Crippen LogP contribution in [-0.4, -0.2) is 13.2 Å². The quantitative estimate of drug-likeness (QED) is 0.857. The minimum absolute atomic E-state index is 0.609. The Hall–Kier alpha value is -1.02. The van der Waals surface area contributed by atoms with Gasteiger partial charge >= 0.3 is 0 Å². The van der Waals surface area contributed by atoms with E-state index in [2.05, 4.69) is 37.4 Å². The zero-order chi connectivity index (χ0) is 13.0. The predicted octanol–water partition coefficient (Wildman–Crippen LogP) is 3.67. The molecule has 0 aliphatic heterocycles. The molecule has 0 heterocycles. The third-order valence-electron chi connectivity index (χ3n) is 4.16. The second-order valence-electron chi connectivity index (χ2n) is 5.53. The van der Waals surface area contributed by atoms with Crippen LogP contribution in [0.2, 0.25) is 0 Å². The van der Waals surface area contributed by atoms with E-state index in [-0.39, 0.29) is 0 Å². The molecule has 2 nitrogen and oxygen atoms in total. The number of aryl methyl sites for hydroxylation is 1. The largest absolute Gasteiger partial charge is 0.496 e. The van der Waals surface area contributed by atoms with Gasteiger partial charge < -0.3 is 10.1 Å². The lowest BCUT2D eigenvalue weighted by Gasteiger charge is -2.21. The maximum atomic E-state index is 5.42. The highest BCUT2D eigenvalue weighted by Crippen LogP contribution is 2.28. The normalized spacial score (nSPS) is 17.9. The second kappa shape index (κ2) is 6.24. The Labute approximate surface area is 111 Å². The van der Waals surface area contributed by atoms with Crippen molar-refractivity contribution in [1.29, 1.82) is 0 Å². The summed E-state index contributed by atoms with van der Waals surface area (Å²) in [6.07, 6.45) is 5.59. The van der Waals surface area contributed by atoms with Gasteiger partial charge in [-0.1, -0.05) is 30.5 Å². The highest BCUT2D eigenvalue weighted by molar-refractivity contribution is 5.36. The molecule has 1 N–H and O–H groups in total. The van der Waals surface area contributed by atoms with Crippen LogP contribution in [0, 0.1) is 12.8 Å². The highest BCUT2D eigenvalue weighted by Gasteiger charge is 2.21. The first kappa shape index (κ1) is 13.4. The van der Waals surface area contributed by atoms with E-state index in [4.69, 9.17) is 4.74 Å². The van der Waals surface area contributed by atoms with E-state index >= 15 is 0 Å². The molecule has 18 heavy (non-hydrogen) atoms. The third kappa shape index (κ3) is 3.26. The molecule has 0 saturated heterocycles. The van der Waals surface area contributed by atoms with Crippen molar-refractivity contribution in [1.82, 2.24) is 5.32 Å². The van der Waals surface area contributed by atoms with E-state index in [1.54, 1.807) is 7.11 Å². The molecule has 1 saturated carbocycles. The Kier molecular flexibility index (Phi) is 4.65. The van der Waals surface area contributed by atoms with Gasteiger partial charge in [-0.3, -0.25) is 0 Å². The summed E-state index contributed by atoms with van der Waals surface area (Å²) in [5, 5.41) is 3.66. The molecular formula is C16H25NO. The molecule has 1 aliphatic carbocycles. The van der Waals surface area contributed by atoms with Crippen molar-refractivity contribution in [3.8, 4) is 5.75 Å². The molecule has 1 aromatic carbocycles. The van der Waals surface area contributed by atoms with Gasteiger partial charge in [0.25, 0.3) is 0 Å². The van der Waals surface area contributed by atoms with E-state index in [1.165, 1.54) is 36.8 Å². The van der Waals surface area contributed by atoms with Gasteiger partial charge in [-0.25, -0.2) is 0 Å². The van der Waals surface area contributed by atoms with E-state index in [9.17, 15) is 0 Å². The fraction of sp³-hybridized carbons (Fsp3) is 0.625. The van der Waals surface area contributed by atoms with Crippen LogP contribution in [0.4, 0.5) is 0 Å². The average Bonchev–Trinajstić information content (AvgIpc) is 2.90. The Morgan fingerprint density at radius 3 is 2.72 bits per heavy atom. The smallest absolute Gasteiger partial charge is 0.123 e. The van der Waals surface area contributed by atoms with Crippen LogP contribution < -0.4 is 10.1 Å². The first-order valence-corrected chi connectivity index (χ1v) is 7.07. The van der Waals surface area contributed by atoms with Crippen LogP contribution in [0.3, 0.4) is 0 Å². The van der Waals surface area contributed by atoms with Gasteiger partial charge in [-0.05, 0) is 38.7 Å². The average molecular weight is 247 g/mol. The summed E-state index contributed by atoms with van der Waals surface area (Å²) in [7, 11) is 1.74. The molecule has 100 valence electrons. The number of hydrogen-bond donors (Lipinski definition) is 1. The monoisotopic (exact) mass is 247 g/mol. The molecule has 2 heteroatoms. The van der Waals surface area contributed by atoms with Gasteiger partial charge in [0, 0.05) is 18.2 Å². The van der Waals surface area contributed by atoms with Crippen LogP contribution in [0.25, 0.3) is 0 Å². The van der Waals surface area contributed by atoms with Crippen LogP contribution in [0.5, 0.6) is 5.75 Å². The molecule has 0 aromatic heterocycles. The van der Waals surface area contributed by atoms with Crippen molar-refractivity contribution in [2.45, 2.75) is 52.1 Å². The molecule has 1 aliphatic rings. The van der Waals surface area contributed by atoms with Crippen LogP contribution in [0.15, 0.2) is 18.2 Å². The minimum Gasteiger partial charge on any atom is -0.496 e. The molecule has 2 rings (SSSR count). The summed E-state index contributed by atoms with van der Waals surface area (Å²) >= 11 is 0. The summed E-state index contributed by atoms with van der Waals surface area (Å²) in [5.41, 5.74) is 2.56. The van der Waals surface area contributed by atoms with Gasteiger partial charge in [0.2, 0.25) is 0 Å². The van der Waals surface area contributed by atoms with Crippen molar-refractivity contribution in [2.75, 3.05) is 7.11 Å². The SMILES string of the molecule is COc1ccc(C)cc1CNC(C)C1CCCC1. The Morgan fingerprint density at radius 1 is 1.33 bits per heavy atom. The standard InChI is InChI=1S/C16H25NO/c1-12-8-9-16(18-3)15(10-12)11-17-13(2)14-6-4-5-7-14/h8-10,13-14,17H,4-7,11H2,1-3H3. The number of ether oxygens (including phenoxy) is 1. The lowest BCUT2D eigenvalue weighted by Crippen LogP contribution is -2.31. The Balaban J connectivity index is 1.94. The number of hydrogen-bond acceptors (Lipinski definition) is 2. The van der Waals surface area contributed by atoms with Gasteiger partial charge in [0.1, 0.15) is 5.75 Å². The molecular weight excluding hydrogens is 222 g/mol. The van der Waals surface area contributed by atoms with E-state index in [1.807, 2.05) is 0 Å². The predicted molar refractivity (Wildman–Crippen MR) is 76.0 cm³/mol. The fourth-order valence-electron chi connectivity index (χ4n) is 2.94. The molecule has 0 bridgehead atoms. The molecule has 1 unspecified atom stereocenters. The molecule has 0 amide bonds. The number of benzene rings is 1. The van der Waals surface area contributed by atoms with Crippen LogP contribution in [0.1, 0.15) is 43.7 Å². The maximum absolute atomic E-state index is 5.42. The summed E-state index contributed by atoms with van der Waals surface area (Å²) in [4.78, 5) is 0. The highest BCUT2D eigenvalue weighted by atomic mass is 16.5. The zero-order valence-corrected chi connectivity index (χ0v) is 11.8. The van der Waals surface area contributed by atoms with Crippen LogP contribution >= 0.6 is 0 Å². The molecule has 1 aromatic rings. The maximum Gasteiger partial charge on any atom is 0.123 e. The summed E-state index contributed by atoms with van der Waals surface area (Å²) < 4.78 is 5.42. The van der Waals surface area contributed by atoms with Crippen molar-refractivity contribution < 1.29 is 4.74 Å². The lowest BCUT2D eigenvalue weighted by atomic mass is 9.99. The Morgan fingerprint density at radius 2 is 2.06 bits per heavy atom.